The van der Waals surface area contributed by atoms with E-state index in [1.807, 2.05) is 54.6 Å². The van der Waals surface area contributed by atoms with Crippen LogP contribution < -0.4 is 10.3 Å². The summed E-state index contributed by atoms with van der Waals surface area (Å²) >= 11 is 1.34. The number of methoxy groups -OCH3 is 1. The Kier molecular flexibility index (Phi) is 5.45. The van der Waals surface area contributed by atoms with Crippen LogP contribution in [0.5, 0.6) is 5.75 Å². The van der Waals surface area contributed by atoms with Crippen molar-refractivity contribution >= 4 is 22.3 Å². The van der Waals surface area contributed by atoms with Gasteiger partial charge in [-0.25, -0.2) is 14.5 Å². The fraction of sp³-hybridized carbons (Fsp3) is 0.0833. The number of rotatable bonds is 6. The number of thiazole rings is 1. The summed E-state index contributed by atoms with van der Waals surface area (Å²) in [7, 11) is 1.58. The van der Waals surface area contributed by atoms with Gasteiger partial charge in [-0.15, -0.1) is 11.3 Å². The lowest BCUT2D eigenvalue weighted by Crippen LogP contribution is -2.14. The van der Waals surface area contributed by atoms with Crippen LogP contribution in [0.2, 0.25) is 0 Å². The van der Waals surface area contributed by atoms with Gasteiger partial charge in [-0.1, -0.05) is 30.3 Å². The van der Waals surface area contributed by atoms with Gasteiger partial charge < -0.3 is 9.47 Å². The van der Waals surface area contributed by atoms with Crippen LogP contribution in [0.1, 0.15) is 16.1 Å². The molecule has 0 saturated carbocycles. The van der Waals surface area contributed by atoms with E-state index in [0.29, 0.717) is 33.2 Å². The Balaban J connectivity index is 1.49. The van der Waals surface area contributed by atoms with Crippen LogP contribution in [0.3, 0.4) is 0 Å². The zero-order chi connectivity index (χ0) is 22.8. The minimum atomic E-state index is -0.567. The zero-order valence-corrected chi connectivity index (χ0v) is 18.4. The standard InChI is InChI=1S/C24H18N4O4S/c1-31-19-9-5-6-16(12-19)22-20(14-28(26-22)18-7-3-2-4-8-18)23(30)32-15-17-13-21(29)27-10-11-33-24(27)25-17/h2-14H,15H2,1H3. The van der Waals surface area contributed by atoms with Gasteiger partial charge in [-0.05, 0) is 24.3 Å². The van der Waals surface area contributed by atoms with E-state index in [1.54, 1.807) is 29.6 Å². The fourth-order valence-electron chi connectivity index (χ4n) is 3.40. The Morgan fingerprint density at radius 1 is 1.09 bits per heavy atom. The van der Waals surface area contributed by atoms with Gasteiger partial charge in [0.15, 0.2) is 4.96 Å². The second-order valence-corrected chi connectivity index (χ2v) is 7.99. The van der Waals surface area contributed by atoms with Crippen LogP contribution in [-0.4, -0.2) is 32.2 Å². The Hall–Kier alpha value is -4.24. The largest absolute Gasteiger partial charge is 0.497 e. The molecule has 0 spiro atoms. The van der Waals surface area contributed by atoms with Crippen LogP contribution in [-0.2, 0) is 11.3 Å². The van der Waals surface area contributed by atoms with Crippen molar-refractivity contribution in [3.05, 3.63) is 100 Å². The van der Waals surface area contributed by atoms with Gasteiger partial charge >= 0.3 is 5.97 Å². The van der Waals surface area contributed by atoms with E-state index in [1.165, 1.54) is 21.8 Å². The number of carbonyl (C=O) groups is 1. The van der Waals surface area contributed by atoms with Gasteiger partial charge in [-0.2, -0.15) is 5.10 Å². The average Bonchev–Trinajstić information content (AvgIpc) is 3.51. The lowest BCUT2D eigenvalue weighted by atomic mass is 10.1. The normalized spacial score (nSPS) is 10.9. The van der Waals surface area contributed by atoms with Crippen LogP contribution in [0.4, 0.5) is 0 Å². The predicted octanol–water partition coefficient (Wildman–Crippen LogP) is 3.97. The molecule has 0 atom stereocenters. The number of nitrogens with zero attached hydrogens (tertiary/aromatic N) is 4. The highest BCUT2D eigenvalue weighted by atomic mass is 32.1. The van der Waals surface area contributed by atoms with E-state index in [2.05, 4.69) is 10.1 Å². The van der Waals surface area contributed by atoms with Gasteiger partial charge in [0.2, 0.25) is 0 Å². The van der Waals surface area contributed by atoms with E-state index >= 15 is 0 Å². The van der Waals surface area contributed by atoms with Crippen molar-refractivity contribution in [1.82, 2.24) is 19.2 Å². The Morgan fingerprint density at radius 3 is 2.76 bits per heavy atom. The predicted molar refractivity (Wildman–Crippen MR) is 124 cm³/mol. The molecular formula is C24H18N4O4S. The molecule has 8 nitrogen and oxygen atoms in total. The van der Waals surface area contributed by atoms with E-state index in [9.17, 15) is 9.59 Å². The molecule has 3 heterocycles. The quantitative estimate of drug-likeness (QED) is 0.358. The third-order valence-corrected chi connectivity index (χ3v) is 5.76. The molecule has 5 rings (SSSR count). The maximum atomic E-state index is 13.1. The molecule has 0 aliphatic heterocycles. The minimum absolute atomic E-state index is 0.128. The van der Waals surface area contributed by atoms with Gasteiger partial charge in [0.25, 0.3) is 5.56 Å². The number of hydrogen-bond acceptors (Lipinski definition) is 7. The van der Waals surface area contributed by atoms with Crippen molar-refractivity contribution in [3.8, 4) is 22.7 Å². The zero-order valence-electron chi connectivity index (χ0n) is 17.5. The lowest BCUT2D eigenvalue weighted by Gasteiger charge is -2.06. The summed E-state index contributed by atoms with van der Waals surface area (Å²) in [6.07, 6.45) is 3.29. The number of aromatic nitrogens is 4. The molecular weight excluding hydrogens is 440 g/mol. The molecule has 3 aromatic heterocycles. The summed E-state index contributed by atoms with van der Waals surface area (Å²) in [4.78, 5) is 30.2. The molecule has 0 fully saturated rings. The van der Waals surface area contributed by atoms with Crippen molar-refractivity contribution < 1.29 is 14.3 Å². The number of ether oxygens (including phenoxy) is 2. The monoisotopic (exact) mass is 458 g/mol. The third kappa shape index (κ3) is 4.13. The molecule has 2 aromatic carbocycles. The van der Waals surface area contributed by atoms with Crippen molar-refractivity contribution in [3.63, 3.8) is 0 Å². The summed E-state index contributed by atoms with van der Waals surface area (Å²) < 4.78 is 13.9. The molecule has 0 unspecified atom stereocenters. The van der Waals surface area contributed by atoms with Crippen molar-refractivity contribution in [2.75, 3.05) is 7.11 Å². The molecule has 9 heteroatoms. The molecule has 0 radical (unpaired) electrons. The summed E-state index contributed by atoms with van der Waals surface area (Å²) in [5.74, 6) is 0.0817. The molecule has 164 valence electrons. The summed E-state index contributed by atoms with van der Waals surface area (Å²) in [5, 5.41) is 6.42. The highest BCUT2D eigenvalue weighted by Gasteiger charge is 2.21. The Bertz CT molecular complexity index is 1500. The molecule has 5 aromatic rings. The maximum Gasteiger partial charge on any atom is 0.342 e. The highest BCUT2D eigenvalue weighted by molar-refractivity contribution is 7.15. The second-order valence-electron chi connectivity index (χ2n) is 7.12. The van der Waals surface area contributed by atoms with Crippen LogP contribution in [0.15, 0.2) is 83.2 Å². The molecule has 0 aliphatic carbocycles. The van der Waals surface area contributed by atoms with Gasteiger partial charge in [-0.3, -0.25) is 9.20 Å². The first-order valence-corrected chi connectivity index (χ1v) is 10.9. The SMILES string of the molecule is COc1cccc(-c2nn(-c3ccccc3)cc2C(=O)OCc2cc(=O)n3ccsc3n2)c1. The summed E-state index contributed by atoms with van der Waals surface area (Å²) in [6, 6.07) is 18.2. The Labute approximate surface area is 192 Å². The highest BCUT2D eigenvalue weighted by Crippen LogP contribution is 2.27. The van der Waals surface area contributed by atoms with E-state index in [-0.39, 0.29) is 12.2 Å². The number of esters is 1. The average molecular weight is 458 g/mol. The molecule has 0 N–H and O–H groups in total. The van der Waals surface area contributed by atoms with Crippen molar-refractivity contribution in [2.45, 2.75) is 6.61 Å². The van der Waals surface area contributed by atoms with E-state index in [0.717, 1.165) is 5.69 Å². The molecule has 0 saturated heterocycles. The Morgan fingerprint density at radius 2 is 1.94 bits per heavy atom. The minimum Gasteiger partial charge on any atom is -0.497 e. The summed E-state index contributed by atoms with van der Waals surface area (Å²) in [6.45, 7) is -0.128. The van der Waals surface area contributed by atoms with Gasteiger partial charge in [0.05, 0.1) is 18.5 Å². The smallest absolute Gasteiger partial charge is 0.342 e. The topological polar surface area (TPSA) is 87.7 Å². The number of benzene rings is 2. The third-order valence-electron chi connectivity index (χ3n) is 5.01. The first-order chi connectivity index (χ1) is 16.1. The van der Waals surface area contributed by atoms with E-state index < -0.39 is 5.97 Å². The van der Waals surface area contributed by atoms with Crippen molar-refractivity contribution in [2.24, 2.45) is 0 Å². The summed E-state index contributed by atoms with van der Waals surface area (Å²) in [5.41, 5.74) is 2.44. The molecule has 33 heavy (non-hydrogen) atoms. The molecule has 0 bridgehead atoms. The number of fused-ring (bicyclic) bond motifs is 1. The molecule has 0 aliphatic rings. The molecule has 0 amide bonds. The fourth-order valence-corrected chi connectivity index (χ4v) is 4.14. The first kappa shape index (κ1) is 20.7. The van der Waals surface area contributed by atoms with Gasteiger partial charge in [0.1, 0.15) is 23.6 Å². The van der Waals surface area contributed by atoms with E-state index in [4.69, 9.17) is 9.47 Å². The van der Waals surface area contributed by atoms with Gasteiger partial charge in [0, 0.05) is 29.4 Å². The number of carbonyl (C=O) groups excluding carboxylic acids is 1. The second kappa shape index (κ2) is 8.71. The maximum absolute atomic E-state index is 13.1. The number of hydrogen-bond donors (Lipinski definition) is 0. The van der Waals surface area contributed by atoms with Crippen LogP contribution in [0, 0.1) is 0 Å². The van der Waals surface area contributed by atoms with Crippen LogP contribution >= 0.6 is 11.3 Å². The number of para-hydroxylation sites is 1. The lowest BCUT2D eigenvalue weighted by molar-refractivity contribution is 0.0468. The van der Waals surface area contributed by atoms with Crippen LogP contribution in [0.25, 0.3) is 21.9 Å². The first-order valence-electron chi connectivity index (χ1n) is 10.0. The van der Waals surface area contributed by atoms with Crippen molar-refractivity contribution in [1.29, 1.82) is 0 Å².